The van der Waals surface area contributed by atoms with Gasteiger partial charge in [0.2, 0.25) is 11.8 Å². The monoisotopic (exact) mass is 636 g/mol. The van der Waals surface area contributed by atoms with Gasteiger partial charge in [-0.05, 0) is 68.7 Å². The summed E-state index contributed by atoms with van der Waals surface area (Å²) in [5.41, 5.74) is -1.12. The number of anilines is 1. The Morgan fingerprint density at radius 2 is 1.74 bits per heavy atom. The second-order valence-corrected chi connectivity index (χ2v) is 12.2. The molecule has 1 aliphatic heterocycles. The first-order chi connectivity index (χ1) is 20.4. The van der Waals surface area contributed by atoms with E-state index in [2.05, 4.69) is 31.7 Å². The van der Waals surface area contributed by atoms with Gasteiger partial charge in [0.25, 0.3) is 10.0 Å². The normalized spacial score (nSPS) is 15.0. The van der Waals surface area contributed by atoms with Crippen LogP contribution in [0, 0.1) is 0 Å². The lowest BCUT2D eigenvalue weighted by Crippen LogP contribution is -2.29. The van der Waals surface area contributed by atoms with Crippen molar-refractivity contribution in [1.82, 2.24) is 24.6 Å². The van der Waals surface area contributed by atoms with Crippen LogP contribution in [0.15, 0.2) is 59.8 Å². The topological polar surface area (TPSA) is 111 Å². The average Bonchev–Trinajstić information content (AvgIpc) is 3.40. The third-order valence-corrected chi connectivity index (χ3v) is 8.67. The van der Waals surface area contributed by atoms with E-state index >= 15 is 0 Å². The van der Waals surface area contributed by atoms with Crippen LogP contribution in [0.2, 0.25) is 5.02 Å². The molecule has 0 atom stereocenters. The molecule has 0 spiro atoms. The van der Waals surface area contributed by atoms with Gasteiger partial charge in [-0.25, -0.2) is 18.1 Å². The SMILES string of the molecule is COc1c(Cl)cccc1-c1nc(NS(=O)(=O)c2cnn(C)c2)nc(Oc2ccc(C3CCN(C)CC3)cc2)c1C(F)(F)F. The molecule has 2 aromatic carbocycles. The Kier molecular flexibility index (Phi) is 8.54. The van der Waals surface area contributed by atoms with E-state index in [1.54, 1.807) is 12.1 Å². The number of alkyl halides is 3. The molecule has 0 aliphatic carbocycles. The number of ether oxygens (including phenoxy) is 2. The summed E-state index contributed by atoms with van der Waals surface area (Å²) in [4.78, 5) is 9.88. The third-order valence-electron chi connectivity index (χ3n) is 7.09. The molecule has 0 saturated carbocycles. The predicted octanol–water partition coefficient (Wildman–Crippen LogP) is 5.96. The Morgan fingerprint density at radius 1 is 1.05 bits per heavy atom. The standard InChI is InChI=1S/C28H28ClF3N6O4S/c1-37-13-11-18(12-14-37)17-7-9-19(10-8-17)42-26-23(28(30,31)32)24(21-5-4-6-22(29)25(21)41-3)34-27(35-26)36-43(39,40)20-15-33-38(2)16-20/h4-10,15-16,18H,11-14H2,1-3H3,(H,34,35,36). The van der Waals surface area contributed by atoms with Crippen LogP contribution in [-0.2, 0) is 23.2 Å². The number of methoxy groups -OCH3 is 1. The number of para-hydroxylation sites is 1. The molecule has 1 fully saturated rings. The van der Waals surface area contributed by atoms with Gasteiger partial charge < -0.3 is 14.4 Å². The number of benzene rings is 2. The van der Waals surface area contributed by atoms with E-state index in [0.29, 0.717) is 5.92 Å². The Labute approximate surface area is 251 Å². The van der Waals surface area contributed by atoms with Crippen LogP contribution >= 0.6 is 11.6 Å². The van der Waals surface area contributed by atoms with E-state index < -0.39 is 39.3 Å². The maximum absolute atomic E-state index is 14.7. The minimum Gasteiger partial charge on any atom is -0.494 e. The lowest BCUT2D eigenvalue weighted by Gasteiger charge is -2.29. The van der Waals surface area contributed by atoms with Crippen molar-refractivity contribution in [2.75, 3.05) is 32.0 Å². The maximum atomic E-state index is 14.7. The summed E-state index contributed by atoms with van der Waals surface area (Å²) in [5, 5.41) is 3.86. The summed E-state index contributed by atoms with van der Waals surface area (Å²) in [7, 11) is 0.489. The number of piperidine rings is 1. The molecule has 1 N–H and O–H groups in total. The van der Waals surface area contributed by atoms with Crippen molar-refractivity contribution >= 4 is 27.6 Å². The number of likely N-dealkylation sites (tertiary alicyclic amines) is 1. The van der Waals surface area contributed by atoms with Crippen molar-refractivity contribution in [2.24, 2.45) is 7.05 Å². The number of aromatic nitrogens is 4. The van der Waals surface area contributed by atoms with E-state index in [-0.39, 0.29) is 27.0 Å². The van der Waals surface area contributed by atoms with Crippen molar-refractivity contribution in [3.8, 4) is 28.6 Å². The second kappa shape index (κ2) is 12.0. The zero-order valence-electron chi connectivity index (χ0n) is 23.4. The fourth-order valence-electron chi connectivity index (χ4n) is 4.89. The molecule has 5 rings (SSSR count). The molecule has 15 heteroatoms. The van der Waals surface area contributed by atoms with E-state index in [1.807, 2.05) is 12.1 Å². The fourth-order valence-corrected chi connectivity index (χ4v) is 6.07. The molecular weight excluding hydrogens is 609 g/mol. The number of rotatable bonds is 8. The quantitative estimate of drug-likeness (QED) is 0.252. The van der Waals surface area contributed by atoms with Crippen LogP contribution in [0.4, 0.5) is 19.1 Å². The van der Waals surface area contributed by atoms with Gasteiger partial charge in [-0.15, -0.1) is 0 Å². The Morgan fingerprint density at radius 3 is 2.35 bits per heavy atom. The Balaban J connectivity index is 1.62. The van der Waals surface area contributed by atoms with Gasteiger partial charge in [-0.2, -0.15) is 23.3 Å². The van der Waals surface area contributed by atoms with Crippen LogP contribution in [0.1, 0.15) is 29.9 Å². The molecule has 228 valence electrons. The van der Waals surface area contributed by atoms with Gasteiger partial charge in [0, 0.05) is 18.8 Å². The number of halogens is 4. The number of sulfonamides is 1. The van der Waals surface area contributed by atoms with E-state index in [0.717, 1.165) is 37.7 Å². The largest absolute Gasteiger partial charge is 0.494 e. The molecule has 0 unspecified atom stereocenters. The van der Waals surface area contributed by atoms with E-state index in [4.69, 9.17) is 21.1 Å². The van der Waals surface area contributed by atoms with Gasteiger partial charge in [0.15, 0.2) is 0 Å². The lowest BCUT2D eigenvalue weighted by molar-refractivity contribution is -0.138. The van der Waals surface area contributed by atoms with Gasteiger partial charge in [-0.3, -0.25) is 4.68 Å². The molecule has 0 bridgehead atoms. The van der Waals surface area contributed by atoms with Crippen LogP contribution in [0.25, 0.3) is 11.3 Å². The highest BCUT2D eigenvalue weighted by molar-refractivity contribution is 7.92. The first-order valence-corrected chi connectivity index (χ1v) is 15.0. The number of nitrogens with zero attached hydrogens (tertiary/aromatic N) is 5. The number of hydrogen-bond acceptors (Lipinski definition) is 8. The first kappa shape index (κ1) is 30.6. The van der Waals surface area contributed by atoms with Crippen molar-refractivity contribution in [3.05, 3.63) is 71.0 Å². The molecule has 1 aliphatic rings. The van der Waals surface area contributed by atoms with Crippen LogP contribution in [-0.4, -0.2) is 60.3 Å². The zero-order valence-corrected chi connectivity index (χ0v) is 25.0. The minimum absolute atomic E-state index is 0.0243. The molecule has 4 aromatic rings. The molecular formula is C28H28ClF3N6O4S. The van der Waals surface area contributed by atoms with Crippen molar-refractivity contribution in [1.29, 1.82) is 0 Å². The van der Waals surface area contributed by atoms with E-state index in [1.165, 1.54) is 43.2 Å². The molecule has 0 amide bonds. The highest BCUT2D eigenvalue weighted by Crippen LogP contribution is 2.46. The second-order valence-electron chi connectivity index (χ2n) is 10.1. The summed E-state index contributed by atoms with van der Waals surface area (Å²) in [5.74, 6) is -1.26. The zero-order chi connectivity index (χ0) is 30.9. The van der Waals surface area contributed by atoms with Crippen LogP contribution < -0.4 is 14.2 Å². The van der Waals surface area contributed by atoms with Gasteiger partial charge in [0.05, 0.1) is 24.0 Å². The molecule has 10 nitrogen and oxygen atoms in total. The van der Waals surface area contributed by atoms with Crippen LogP contribution in [0.3, 0.4) is 0 Å². The predicted molar refractivity (Wildman–Crippen MR) is 154 cm³/mol. The number of aryl methyl sites for hydroxylation is 1. The molecule has 2 aromatic heterocycles. The highest BCUT2D eigenvalue weighted by atomic mass is 35.5. The number of nitrogens with one attached hydrogen (secondary N) is 1. The summed E-state index contributed by atoms with van der Waals surface area (Å²) in [6.07, 6.45) is -0.793. The molecule has 3 heterocycles. The van der Waals surface area contributed by atoms with E-state index in [9.17, 15) is 21.6 Å². The molecule has 43 heavy (non-hydrogen) atoms. The molecule has 0 radical (unpaired) electrons. The van der Waals surface area contributed by atoms with Crippen LogP contribution in [0.5, 0.6) is 17.4 Å². The molecule has 1 saturated heterocycles. The summed E-state index contributed by atoms with van der Waals surface area (Å²) in [6, 6.07) is 10.9. The van der Waals surface area contributed by atoms with Gasteiger partial charge in [0.1, 0.15) is 22.0 Å². The Hall–Kier alpha value is -3.88. The first-order valence-electron chi connectivity index (χ1n) is 13.2. The summed E-state index contributed by atoms with van der Waals surface area (Å²) in [6.45, 7) is 1.90. The maximum Gasteiger partial charge on any atom is 0.423 e. The van der Waals surface area contributed by atoms with Gasteiger partial charge >= 0.3 is 6.18 Å². The number of hydrogen-bond donors (Lipinski definition) is 1. The Bertz CT molecular complexity index is 1720. The summed E-state index contributed by atoms with van der Waals surface area (Å²) < 4.78 is 84.7. The average molecular weight is 637 g/mol. The van der Waals surface area contributed by atoms with Crippen molar-refractivity contribution < 1.29 is 31.1 Å². The third kappa shape index (κ3) is 6.71. The smallest absolute Gasteiger partial charge is 0.423 e. The van der Waals surface area contributed by atoms with Crippen molar-refractivity contribution in [2.45, 2.75) is 29.8 Å². The van der Waals surface area contributed by atoms with Gasteiger partial charge in [-0.1, -0.05) is 29.8 Å². The summed E-state index contributed by atoms with van der Waals surface area (Å²) >= 11 is 6.23. The van der Waals surface area contributed by atoms with Crippen molar-refractivity contribution in [3.63, 3.8) is 0 Å². The highest BCUT2D eigenvalue weighted by Gasteiger charge is 2.41. The lowest BCUT2D eigenvalue weighted by atomic mass is 9.90. The minimum atomic E-state index is -5.02. The fraction of sp³-hybridized carbons (Fsp3) is 0.321.